The van der Waals surface area contributed by atoms with Crippen LogP contribution in [0.1, 0.15) is 16.9 Å². The van der Waals surface area contributed by atoms with Crippen molar-refractivity contribution in [3.05, 3.63) is 52.2 Å². The summed E-state index contributed by atoms with van der Waals surface area (Å²) in [5.74, 6) is 0.0418. The molecule has 7 heteroatoms. The topological polar surface area (TPSA) is 56.7 Å². The average Bonchev–Trinajstić information content (AvgIpc) is 3.26. The minimum atomic E-state index is 0.0337. The van der Waals surface area contributed by atoms with Crippen LogP contribution in [0.5, 0.6) is 0 Å². The zero-order valence-electron chi connectivity index (χ0n) is 14.9. The van der Waals surface area contributed by atoms with Gasteiger partial charge in [0.2, 0.25) is 5.91 Å². The molecule has 1 N–H and O–H groups in total. The summed E-state index contributed by atoms with van der Waals surface area (Å²) < 4.78 is 1.20. The first-order valence-corrected chi connectivity index (χ1v) is 10.7. The van der Waals surface area contributed by atoms with E-state index in [2.05, 4.69) is 11.0 Å². The number of rotatable bonds is 4. The molecule has 140 valence electrons. The van der Waals surface area contributed by atoms with Crippen molar-refractivity contribution < 1.29 is 9.90 Å². The van der Waals surface area contributed by atoms with Crippen molar-refractivity contribution in [2.75, 3.05) is 31.1 Å². The Morgan fingerprint density at radius 1 is 1.22 bits per heavy atom. The monoisotopic (exact) mass is 399 g/mol. The number of aliphatic hydroxyl groups excluding tert-OH is 1. The molecule has 4 rings (SSSR count). The van der Waals surface area contributed by atoms with Gasteiger partial charge in [-0.25, -0.2) is 4.98 Å². The van der Waals surface area contributed by atoms with Gasteiger partial charge in [-0.1, -0.05) is 23.5 Å². The molecule has 1 amide bonds. The van der Waals surface area contributed by atoms with E-state index in [4.69, 9.17) is 10.1 Å². The Hall–Kier alpha value is -2.22. The molecule has 1 aliphatic rings. The van der Waals surface area contributed by atoms with Crippen LogP contribution in [-0.2, 0) is 11.4 Å². The molecular formula is C20H21N3O2S2. The van der Waals surface area contributed by atoms with Crippen LogP contribution in [0.4, 0.5) is 5.13 Å². The first-order chi connectivity index (χ1) is 13.2. The largest absolute Gasteiger partial charge is 0.392 e. The number of amides is 1. The Morgan fingerprint density at radius 3 is 2.93 bits per heavy atom. The second kappa shape index (κ2) is 8.21. The molecule has 0 saturated carbocycles. The zero-order chi connectivity index (χ0) is 18.6. The maximum atomic E-state index is 12.5. The second-order valence-corrected chi connectivity index (χ2v) is 8.43. The van der Waals surface area contributed by atoms with Crippen molar-refractivity contribution in [3.63, 3.8) is 0 Å². The van der Waals surface area contributed by atoms with Gasteiger partial charge in [0.25, 0.3) is 0 Å². The van der Waals surface area contributed by atoms with Crippen LogP contribution in [0.25, 0.3) is 16.3 Å². The van der Waals surface area contributed by atoms with E-state index < -0.39 is 0 Å². The Balaban J connectivity index is 1.39. The maximum Gasteiger partial charge on any atom is 0.246 e. The summed E-state index contributed by atoms with van der Waals surface area (Å²) in [5, 5.41) is 12.1. The van der Waals surface area contributed by atoms with E-state index in [1.807, 2.05) is 40.6 Å². The summed E-state index contributed by atoms with van der Waals surface area (Å²) in [6.45, 7) is 3.21. The van der Waals surface area contributed by atoms with Crippen molar-refractivity contribution in [1.29, 1.82) is 0 Å². The molecule has 3 aromatic rings. The van der Waals surface area contributed by atoms with Crippen LogP contribution in [-0.4, -0.2) is 47.1 Å². The number of hydrogen-bond acceptors (Lipinski definition) is 6. The van der Waals surface area contributed by atoms with Crippen LogP contribution in [0, 0.1) is 0 Å². The Bertz CT molecular complexity index is 930. The molecule has 1 saturated heterocycles. The van der Waals surface area contributed by atoms with Gasteiger partial charge in [0, 0.05) is 37.1 Å². The molecule has 3 heterocycles. The molecule has 2 aromatic heterocycles. The lowest BCUT2D eigenvalue weighted by molar-refractivity contribution is -0.125. The number of hydrogen-bond donors (Lipinski definition) is 1. The van der Waals surface area contributed by atoms with Gasteiger partial charge in [0.1, 0.15) is 0 Å². The number of aromatic nitrogens is 1. The summed E-state index contributed by atoms with van der Waals surface area (Å²) in [7, 11) is 0. The SMILES string of the molecule is O=C(C=Cc1cc(CO)cs1)N1CCCN(c2nc3ccccc3s2)CC1. The number of carbonyl (C=O) groups excluding carboxylic acids is 1. The van der Waals surface area contributed by atoms with Crippen molar-refractivity contribution in [3.8, 4) is 0 Å². The van der Waals surface area contributed by atoms with Crippen molar-refractivity contribution >= 4 is 50.0 Å². The summed E-state index contributed by atoms with van der Waals surface area (Å²) in [4.78, 5) is 22.5. The smallest absolute Gasteiger partial charge is 0.246 e. The van der Waals surface area contributed by atoms with Gasteiger partial charge in [-0.2, -0.15) is 0 Å². The van der Waals surface area contributed by atoms with Gasteiger partial charge in [-0.15, -0.1) is 11.3 Å². The normalized spacial score (nSPS) is 15.6. The number of benzene rings is 1. The number of carbonyl (C=O) groups is 1. The van der Waals surface area contributed by atoms with Crippen LogP contribution >= 0.6 is 22.7 Å². The molecule has 5 nitrogen and oxygen atoms in total. The van der Waals surface area contributed by atoms with E-state index in [0.717, 1.165) is 47.1 Å². The molecule has 1 fully saturated rings. The minimum absolute atomic E-state index is 0.0337. The van der Waals surface area contributed by atoms with Crippen LogP contribution < -0.4 is 4.90 Å². The fraction of sp³-hybridized carbons (Fsp3) is 0.300. The lowest BCUT2D eigenvalue weighted by atomic mass is 10.3. The molecule has 0 bridgehead atoms. The van der Waals surface area contributed by atoms with Crippen LogP contribution in [0.15, 0.2) is 41.8 Å². The maximum absolute atomic E-state index is 12.5. The number of fused-ring (bicyclic) bond motifs is 1. The van der Waals surface area contributed by atoms with Gasteiger partial charge in [-0.05, 0) is 41.6 Å². The number of anilines is 1. The summed E-state index contributed by atoms with van der Waals surface area (Å²) in [6, 6.07) is 10.1. The quantitative estimate of drug-likeness (QED) is 0.681. The van der Waals surface area contributed by atoms with Gasteiger partial charge in [-0.3, -0.25) is 4.79 Å². The molecule has 0 unspecified atom stereocenters. The fourth-order valence-corrected chi connectivity index (χ4v) is 4.96. The number of thiophene rings is 1. The number of aliphatic hydroxyl groups is 1. The third-order valence-corrected chi connectivity index (χ3v) is 6.65. The van der Waals surface area contributed by atoms with E-state index in [9.17, 15) is 4.79 Å². The molecule has 1 aliphatic heterocycles. The predicted octanol–water partition coefficient (Wildman–Crippen LogP) is 3.60. The van der Waals surface area contributed by atoms with Gasteiger partial charge in [0.15, 0.2) is 5.13 Å². The lowest BCUT2D eigenvalue weighted by Gasteiger charge is -2.20. The van der Waals surface area contributed by atoms with Gasteiger partial charge >= 0.3 is 0 Å². The van der Waals surface area contributed by atoms with E-state index in [1.54, 1.807) is 17.4 Å². The molecular weight excluding hydrogens is 378 g/mol. The first kappa shape index (κ1) is 18.2. The molecule has 0 spiro atoms. The summed E-state index contributed by atoms with van der Waals surface area (Å²) in [5.41, 5.74) is 1.92. The lowest BCUT2D eigenvalue weighted by Crippen LogP contribution is -2.34. The number of para-hydroxylation sites is 1. The highest BCUT2D eigenvalue weighted by atomic mass is 32.1. The Labute approximate surface area is 166 Å². The highest BCUT2D eigenvalue weighted by molar-refractivity contribution is 7.22. The number of thiazole rings is 1. The highest BCUT2D eigenvalue weighted by Gasteiger charge is 2.20. The first-order valence-electron chi connectivity index (χ1n) is 8.99. The molecule has 1 aromatic carbocycles. The standard InChI is InChI=1S/C20H21N3O2S2/c24-13-15-12-16(26-14-15)6-7-19(25)22-8-3-9-23(11-10-22)20-21-17-4-1-2-5-18(17)27-20/h1-2,4-7,12,14,24H,3,8-11,13H2. The minimum Gasteiger partial charge on any atom is -0.392 e. The van der Waals surface area contributed by atoms with Crippen molar-refractivity contribution in [1.82, 2.24) is 9.88 Å². The van der Waals surface area contributed by atoms with Gasteiger partial charge < -0.3 is 14.9 Å². The van der Waals surface area contributed by atoms with E-state index in [1.165, 1.54) is 16.0 Å². The Morgan fingerprint density at radius 2 is 2.11 bits per heavy atom. The molecule has 27 heavy (non-hydrogen) atoms. The summed E-state index contributed by atoms with van der Waals surface area (Å²) >= 11 is 3.25. The van der Waals surface area contributed by atoms with Crippen LogP contribution in [0.2, 0.25) is 0 Å². The summed E-state index contributed by atoms with van der Waals surface area (Å²) in [6.07, 6.45) is 4.41. The molecule has 0 radical (unpaired) electrons. The second-order valence-electron chi connectivity index (χ2n) is 6.48. The van der Waals surface area contributed by atoms with E-state index in [0.29, 0.717) is 6.54 Å². The average molecular weight is 400 g/mol. The van der Waals surface area contributed by atoms with Crippen LogP contribution in [0.3, 0.4) is 0 Å². The van der Waals surface area contributed by atoms with Crippen molar-refractivity contribution in [2.24, 2.45) is 0 Å². The number of nitrogens with zero attached hydrogens (tertiary/aromatic N) is 3. The van der Waals surface area contributed by atoms with E-state index in [-0.39, 0.29) is 12.5 Å². The zero-order valence-corrected chi connectivity index (χ0v) is 16.5. The molecule has 0 atom stereocenters. The fourth-order valence-electron chi connectivity index (χ4n) is 3.15. The van der Waals surface area contributed by atoms with Gasteiger partial charge in [0.05, 0.1) is 16.8 Å². The highest BCUT2D eigenvalue weighted by Crippen LogP contribution is 2.29. The third kappa shape index (κ3) is 4.21. The van der Waals surface area contributed by atoms with Crippen molar-refractivity contribution in [2.45, 2.75) is 13.0 Å². The Kier molecular flexibility index (Phi) is 5.52. The predicted molar refractivity (Wildman–Crippen MR) is 112 cm³/mol. The third-order valence-electron chi connectivity index (χ3n) is 4.61. The van der Waals surface area contributed by atoms with E-state index >= 15 is 0 Å². The molecule has 0 aliphatic carbocycles.